The Balaban J connectivity index is 1.58. The third-order valence-corrected chi connectivity index (χ3v) is 7.21. The molecule has 0 radical (unpaired) electrons. The molecule has 3 rings (SSSR count). The lowest BCUT2D eigenvalue weighted by atomic mass is 10.2. The van der Waals surface area contributed by atoms with Crippen LogP contribution in [-0.2, 0) is 26.1 Å². The van der Waals surface area contributed by atoms with E-state index < -0.39 is 28.5 Å². The normalized spacial score (nSPS) is 14.3. The minimum atomic E-state index is -3.80. The van der Waals surface area contributed by atoms with Crippen molar-refractivity contribution in [1.29, 1.82) is 0 Å². The average Bonchev–Trinajstić information content (AvgIpc) is 3.32. The fourth-order valence-electron chi connectivity index (χ4n) is 3.11. The second kappa shape index (κ2) is 10.1. The zero-order valence-corrected chi connectivity index (χ0v) is 18.5. The molecule has 10 heteroatoms. The van der Waals surface area contributed by atoms with Crippen LogP contribution in [0.2, 0.25) is 5.02 Å². The smallest absolute Gasteiger partial charge is 0.338 e. The number of hydrogen-bond donors (Lipinski definition) is 1. The molecule has 0 aromatic heterocycles. The van der Waals surface area contributed by atoms with Gasteiger partial charge in [-0.05, 0) is 48.7 Å². The van der Waals surface area contributed by atoms with E-state index in [1.165, 1.54) is 22.5 Å². The summed E-state index contributed by atoms with van der Waals surface area (Å²) in [5.41, 5.74) is 0.861. The van der Waals surface area contributed by atoms with Gasteiger partial charge in [-0.1, -0.05) is 23.7 Å². The molecule has 0 unspecified atom stereocenters. The van der Waals surface area contributed by atoms with Crippen LogP contribution in [0.4, 0.5) is 0 Å². The molecule has 1 amide bonds. The van der Waals surface area contributed by atoms with E-state index >= 15 is 0 Å². The van der Waals surface area contributed by atoms with Crippen LogP contribution in [0.1, 0.15) is 28.8 Å². The van der Waals surface area contributed by atoms with Crippen LogP contribution < -0.4 is 10.1 Å². The van der Waals surface area contributed by atoms with E-state index in [1.54, 1.807) is 31.4 Å². The molecule has 1 aliphatic heterocycles. The van der Waals surface area contributed by atoms with E-state index in [-0.39, 0.29) is 22.0 Å². The largest absolute Gasteiger partial charge is 0.497 e. The van der Waals surface area contributed by atoms with Crippen molar-refractivity contribution >= 4 is 33.5 Å². The van der Waals surface area contributed by atoms with Gasteiger partial charge in [-0.2, -0.15) is 4.31 Å². The number of amides is 1. The Bertz CT molecular complexity index is 1050. The summed E-state index contributed by atoms with van der Waals surface area (Å²) in [6, 6.07) is 11.1. The van der Waals surface area contributed by atoms with Crippen molar-refractivity contribution in [1.82, 2.24) is 9.62 Å². The second-order valence-corrected chi connectivity index (χ2v) is 9.27. The third kappa shape index (κ3) is 5.75. The number of nitrogens with one attached hydrogen (secondary N) is 1. The van der Waals surface area contributed by atoms with Crippen molar-refractivity contribution in [3.05, 3.63) is 58.6 Å². The molecule has 0 saturated carbocycles. The van der Waals surface area contributed by atoms with Crippen LogP contribution in [0, 0.1) is 0 Å². The highest BCUT2D eigenvalue weighted by Gasteiger charge is 2.30. The van der Waals surface area contributed by atoms with Gasteiger partial charge < -0.3 is 14.8 Å². The molecular weight excluding hydrogens is 444 g/mol. The van der Waals surface area contributed by atoms with Gasteiger partial charge in [-0.3, -0.25) is 4.79 Å². The lowest BCUT2D eigenvalue weighted by Gasteiger charge is -2.17. The highest BCUT2D eigenvalue weighted by Crippen LogP contribution is 2.28. The Hall–Kier alpha value is -2.62. The zero-order valence-electron chi connectivity index (χ0n) is 17.0. The maximum absolute atomic E-state index is 12.8. The second-order valence-electron chi connectivity index (χ2n) is 6.96. The quantitative estimate of drug-likeness (QED) is 0.600. The molecule has 0 spiro atoms. The molecule has 0 atom stereocenters. The highest BCUT2D eigenvalue weighted by atomic mass is 35.5. The van der Waals surface area contributed by atoms with Crippen LogP contribution in [0.5, 0.6) is 5.75 Å². The Labute approximate surface area is 186 Å². The van der Waals surface area contributed by atoms with Crippen LogP contribution in [0.25, 0.3) is 0 Å². The number of hydrogen-bond acceptors (Lipinski definition) is 6. The van der Waals surface area contributed by atoms with Gasteiger partial charge in [-0.25, -0.2) is 13.2 Å². The van der Waals surface area contributed by atoms with Crippen molar-refractivity contribution in [2.75, 3.05) is 26.8 Å². The van der Waals surface area contributed by atoms with Crippen molar-refractivity contribution in [3.63, 3.8) is 0 Å². The number of ether oxygens (including phenoxy) is 2. The van der Waals surface area contributed by atoms with Crippen molar-refractivity contribution in [3.8, 4) is 5.75 Å². The summed E-state index contributed by atoms with van der Waals surface area (Å²) in [6.07, 6.45) is 1.56. The average molecular weight is 467 g/mol. The minimum absolute atomic E-state index is 0.00475. The van der Waals surface area contributed by atoms with Gasteiger partial charge in [0.2, 0.25) is 10.0 Å². The lowest BCUT2D eigenvalue weighted by molar-refractivity contribution is -0.124. The van der Waals surface area contributed by atoms with Crippen molar-refractivity contribution in [2.24, 2.45) is 0 Å². The number of esters is 1. The Kier molecular flexibility index (Phi) is 7.53. The molecule has 2 aromatic rings. The molecule has 8 nitrogen and oxygen atoms in total. The number of halogens is 1. The number of carbonyl (C=O) groups is 2. The highest BCUT2D eigenvalue weighted by molar-refractivity contribution is 7.89. The third-order valence-electron chi connectivity index (χ3n) is 4.83. The van der Waals surface area contributed by atoms with E-state index in [4.69, 9.17) is 21.1 Å². The summed E-state index contributed by atoms with van der Waals surface area (Å²) >= 11 is 6.08. The molecule has 1 aliphatic rings. The first-order valence-electron chi connectivity index (χ1n) is 9.67. The monoisotopic (exact) mass is 466 g/mol. The van der Waals surface area contributed by atoms with Gasteiger partial charge in [0.25, 0.3) is 5.91 Å². The van der Waals surface area contributed by atoms with Gasteiger partial charge in [0, 0.05) is 19.6 Å². The van der Waals surface area contributed by atoms with Crippen molar-refractivity contribution < 1.29 is 27.5 Å². The van der Waals surface area contributed by atoms with E-state index in [2.05, 4.69) is 5.32 Å². The van der Waals surface area contributed by atoms with E-state index in [1.807, 2.05) is 0 Å². The van der Waals surface area contributed by atoms with E-state index in [0.717, 1.165) is 18.4 Å². The number of methoxy groups -OCH3 is 1. The fourth-order valence-corrected chi connectivity index (χ4v) is 5.12. The summed E-state index contributed by atoms with van der Waals surface area (Å²) in [4.78, 5) is 24.2. The fraction of sp³-hybridized carbons (Fsp3) is 0.333. The van der Waals surface area contributed by atoms with Gasteiger partial charge in [0.15, 0.2) is 6.61 Å². The summed E-state index contributed by atoms with van der Waals surface area (Å²) in [6.45, 7) is 0.606. The Morgan fingerprint density at radius 3 is 2.42 bits per heavy atom. The minimum Gasteiger partial charge on any atom is -0.497 e. The van der Waals surface area contributed by atoms with Crippen LogP contribution in [0.15, 0.2) is 47.4 Å². The van der Waals surface area contributed by atoms with Crippen molar-refractivity contribution in [2.45, 2.75) is 24.3 Å². The van der Waals surface area contributed by atoms with Gasteiger partial charge >= 0.3 is 5.97 Å². The lowest BCUT2D eigenvalue weighted by Crippen LogP contribution is -2.29. The molecule has 31 heavy (non-hydrogen) atoms. The first-order valence-corrected chi connectivity index (χ1v) is 11.5. The molecule has 1 fully saturated rings. The van der Waals surface area contributed by atoms with Gasteiger partial charge in [-0.15, -0.1) is 0 Å². The standard InChI is InChI=1S/C21H23ClN2O6S/c1-29-17-7-4-15(5-8-17)13-23-20(25)14-30-21(26)16-6-9-18(22)19(12-16)31(27,28)24-10-2-3-11-24/h4-9,12H,2-3,10-11,13-14H2,1H3,(H,23,25). The SMILES string of the molecule is COc1ccc(CNC(=O)COC(=O)c2ccc(Cl)c(S(=O)(=O)N3CCCC3)c2)cc1. The molecule has 2 aromatic carbocycles. The summed E-state index contributed by atoms with van der Waals surface area (Å²) in [5.74, 6) is -0.588. The van der Waals surface area contributed by atoms with Crippen LogP contribution in [0.3, 0.4) is 0 Å². The predicted molar refractivity (Wildman–Crippen MR) is 115 cm³/mol. The number of benzene rings is 2. The molecular formula is C21H23ClN2O6S. The summed E-state index contributed by atoms with van der Waals surface area (Å²) < 4.78 is 37.0. The summed E-state index contributed by atoms with van der Waals surface area (Å²) in [7, 11) is -2.23. The first kappa shape index (κ1) is 23.1. The topological polar surface area (TPSA) is 102 Å². The van der Waals surface area contributed by atoms with Crippen LogP contribution >= 0.6 is 11.6 Å². The summed E-state index contributed by atoms with van der Waals surface area (Å²) in [5, 5.41) is 2.67. The van der Waals surface area contributed by atoms with E-state index in [9.17, 15) is 18.0 Å². The molecule has 166 valence electrons. The van der Waals surface area contributed by atoms with Gasteiger partial charge in [0.1, 0.15) is 10.6 Å². The number of sulfonamides is 1. The molecule has 1 heterocycles. The number of carbonyl (C=O) groups excluding carboxylic acids is 2. The molecule has 0 aliphatic carbocycles. The molecule has 1 saturated heterocycles. The predicted octanol–water partition coefficient (Wildman–Crippen LogP) is 2.61. The number of rotatable bonds is 8. The zero-order chi connectivity index (χ0) is 22.4. The Morgan fingerprint density at radius 1 is 1.10 bits per heavy atom. The maximum atomic E-state index is 12.8. The molecule has 0 bridgehead atoms. The maximum Gasteiger partial charge on any atom is 0.338 e. The van der Waals surface area contributed by atoms with Crippen LogP contribution in [-0.4, -0.2) is 51.4 Å². The number of nitrogens with zero attached hydrogens (tertiary/aromatic N) is 1. The first-order chi connectivity index (χ1) is 14.8. The Morgan fingerprint density at radius 2 is 1.77 bits per heavy atom. The molecule has 1 N–H and O–H groups in total. The van der Waals surface area contributed by atoms with E-state index in [0.29, 0.717) is 18.8 Å². The van der Waals surface area contributed by atoms with Gasteiger partial charge in [0.05, 0.1) is 17.7 Å².